The molecule has 0 aliphatic carbocycles. The number of carbonyl (C=O) groups excluding carboxylic acids is 1. The monoisotopic (exact) mass is 364 g/mol. The smallest absolute Gasteiger partial charge is 0.246 e. The highest BCUT2D eigenvalue weighted by molar-refractivity contribution is 6.42. The van der Waals surface area contributed by atoms with E-state index in [9.17, 15) is 9.90 Å². The van der Waals surface area contributed by atoms with E-state index >= 15 is 0 Å². The number of rotatable bonds is 3. The van der Waals surface area contributed by atoms with Crippen LogP contribution >= 0.6 is 23.2 Å². The van der Waals surface area contributed by atoms with Crippen LogP contribution < -0.4 is 10.4 Å². The van der Waals surface area contributed by atoms with Gasteiger partial charge in [0.2, 0.25) is 12.3 Å². The van der Waals surface area contributed by atoms with Crippen molar-refractivity contribution in [2.75, 3.05) is 0 Å². The van der Waals surface area contributed by atoms with Crippen molar-refractivity contribution in [3.63, 3.8) is 0 Å². The third-order valence-corrected chi connectivity index (χ3v) is 4.70. The second kappa shape index (κ2) is 6.30. The second-order valence-electron chi connectivity index (χ2n) is 5.31. The molecule has 0 bridgehead atoms. The van der Waals surface area contributed by atoms with E-state index in [1.165, 1.54) is 6.39 Å². The van der Waals surface area contributed by atoms with E-state index in [1.54, 1.807) is 32.0 Å². The maximum Gasteiger partial charge on any atom is 0.246 e. The Bertz CT molecular complexity index is 873. The number of carbonyl (C=O) groups is 1. The number of allylic oxidation sites excluding steroid dienone is 3. The molecule has 6 nitrogen and oxygen atoms in total. The highest BCUT2D eigenvalue weighted by Crippen LogP contribution is 2.45. The second-order valence-corrected chi connectivity index (χ2v) is 6.09. The third kappa shape index (κ3) is 2.68. The average Bonchev–Trinajstić information content (AvgIpc) is 3.02. The molecule has 2 aromatic rings. The van der Waals surface area contributed by atoms with Gasteiger partial charge in [0.05, 0.1) is 16.0 Å². The SMILES string of the molecule is CC1=C(C(=O)[O-])C(c2cccc(Cl)c2Cl)C(c2nnco2)=C(C)N1. The Kier molecular flexibility index (Phi) is 4.34. The summed E-state index contributed by atoms with van der Waals surface area (Å²) < 4.78 is 5.30. The Morgan fingerprint density at radius 1 is 1.29 bits per heavy atom. The highest BCUT2D eigenvalue weighted by atomic mass is 35.5. The van der Waals surface area contributed by atoms with Gasteiger partial charge < -0.3 is 19.6 Å². The fourth-order valence-corrected chi connectivity index (χ4v) is 3.31. The predicted molar refractivity (Wildman–Crippen MR) is 86.9 cm³/mol. The lowest BCUT2D eigenvalue weighted by atomic mass is 9.80. The van der Waals surface area contributed by atoms with Crippen LogP contribution in [0.2, 0.25) is 10.0 Å². The van der Waals surface area contributed by atoms with E-state index < -0.39 is 11.9 Å². The molecule has 1 aromatic heterocycles. The zero-order valence-corrected chi connectivity index (χ0v) is 14.3. The Labute approximate surface area is 147 Å². The summed E-state index contributed by atoms with van der Waals surface area (Å²) in [7, 11) is 0. The van der Waals surface area contributed by atoms with Gasteiger partial charge in [-0.3, -0.25) is 0 Å². The first-order valence-corrected chi connectivity index (χ1v) is 7.77. The molecular weight excluding hydrogens is 353 g/mol. The number of aromatic nitrogens is 2. The molecular formula is C16H12Cl2N3O3-. The minimum absolute atomic E-state index is 0.0398. The summed E-state index contributed by atoms with van der Waals surface area (Å²) in [5.41, 5.74) is 2.22. The van der Waals surface area contributed by atoms with Gasteiger partial charge in [0.15, 0.2) is 0 Å². The summed E-state index contributed by atoms with van der Waals surface area (Å²) in [5, 5.41) is 23.0. The lowest BCUT2D eigenvalue weighted by Gasteiger charge is -2.32. The van der Waals surface area contributed by atoms with Gasteiger partial charge in [-0.25, -0.2) is 0 Å². The normalized spacial score (nSPS) is 17.9. The molecule has 1 atom stereocenters. The standard InChI is InChI=1S/C16H13Cl2N3O3/c1-7-11(15-21-19-6-24-15)13(12(16(22)23)8(2)20-7)9-4-3-5-10(17)14(9)18/h3-6,13,20H,1-2H3,(H,22,23)/p-1. The fraction of sp³-hybridized carbons (Fsp3) is 0.188. The predicted octanol–water partition coefficient (Wildman–Crippen LogP) is 2.52. The van der Waals surface area contributed by atoms with Crippen LogP contribution in [0.15, 0.2) is 46.0 Å². The number of halogens is 2. The van der Waals surface area contributed by atoms with Crippen LogP contribution in [0.1, 0.15) is 31.2 Å². The molecule has 1 aliphatic heterocycles. The molecule has 1 unspecified atom stereocenters. The van der Waals surface area contributed by atoms with Gasteiger partial charge in [0.25, 0.3) is 0 Å². The fourth-order valence-electron chi connectivity index (χ4n) is 2.89. The molecule has 8 heteroatoms. The van der Waals surface area contributed by atoms with Crippen LogP contribution in [0, 0.1) is 0 Å². The number of benzene rings is 1. The van der Waals surface area contributed by atoms with Crippen LogP contribution in [-0.2, 0) is 4.79 Å². The van der Waals surface area contributed by atoms with E-state index in [0.29, 0.717) is 27.6 Å². The summed E-state index contributed by atoms with van der Waals surface area (Å²) in [6, 6.07) is 5.05. The van der Waals surface area contributed by atoms with Crippen molar-refractivity contribution in [1.29, 1.82) is 0 Å². The zero-order valence-electron chi connectivity index (χ0n) is 12.8. The summed E-state index contributed by atoms with van der Waals surface area (Å²) >= 11 is 12.5. The number of hydrogen-bond acceptors (Lipinski definition) is 6. The van der Waals surface area contributed by atoms with Crippen molar-refractivity contribution in [2.24, 2.45) is 0 Å². The van der Waals surface area contributed by atoms with Crippen molar-refractivity contribution in [3.8, 4) is 0 Å². The summed E-state index contributed by atoms with van der Waals surface area (Å²) in [6.07, 6.45) is 1.18. The largest absolute Gasteiger partial charge is 0.545 e. The molecule has 24 heavy (non-hydrogen) atoms. The van der Waals surface area contributed by atoms with Crippen LogP contribution in [0.5, 0.6) is 0 Å². The van der Waals surface area contributed by atoms with E-state index in [-0.39, 0.29) is 16.5 Å². The maximum atomic E-state index is 11.8. The maximum absolute atomic E-state index is 11.8. The molecule has 1 aromatic carbocycles. The number of carboxylic acid groups (broad SMARTS) is 1. The third-order valence-electron chi connectivity index (χ3n) is 3.86. The Hall–Kier alpha value is -2.31. The average molecular weight is 365 g/mol. The minimum Gasteiger partial charge on any atom is -0.545 e. The first-order valence-electron chi connectivity index (χ1n) is 7.02. The highest BCUT2D eigenvalue weighted by Gasteiger charge is 2.34. The van der Waals surface area contributed by atoms with Gasteiger partial charge >= 0.3 is 0 Å². The molecule has 0 radical (unpaired) electrons. The number of nitrogens with zero attached hydrogens (tertiary/aromatic N) is 2. The van der Waals surface area contributed by atoms with Crippen molar-refractivity contribution >= 4 is 34.7 Å². The molecule has 0 fully saturated rings. The van der Waals surface area contributed by atoms with E-state index in [0.717, 1.165) is 0 Å². The van der Waals surface area contributed by atoms with E-state index in [1.807, 2.05) is 0 Å². The van der Waals surface area contributed by atoms with Crippen LogP contribution in [0.25, 0.3) is 5.57 Å². The van der Waals surface area contributed by atoms with Crippen LogP contribution in [0.3, 0.4) is 0 Å². The zero-order chi connectivity index (χ0) is 17.4. The quantitative estimate of drug-likeness (QED) is 0.899. The topological polar surface area (TPSA) is 91.1 Å². The van der Waals surface area contributed by atoms with Gasteiger partial charge in [-0.2, -0.15) is 0 Å². The lowest BCUT2D eigenvalue weighted by molar-refractivity contribution is -0.299. The first kappa shape index (κ1) is 16.5. The number of carboxylic acids is 1. The van der Waals surface area contributed by atoms with Gasteiger partial charge in [-0.15, -0.1) is 10.2 Å². The van der Waals surface area contributed by atoms with E-state index in [4.69, 9.17) is 27.6 Å². The van der Waals surface area contributed by atoms with Gasteiger partial charge in [-0.1, -0.05) is 35.3 Å². The molecule has 1 N–H and O–H groups in total. The number of dihydropyridines is 1. The van der Waals surface area contributed by atoms with Crippen molar-refractivity contribution < 1.29 is 14.3 Å². The first-order chi connectivity index (χ1) is 11.4. The number of nitrogens with one attached hydrogen (secondary N) is 1. The lowest BCUT2D eigenvalue weighted by Crippen LogP contribution is -2.35. The van der Waals surface area contributed by atoms with Crippen LogP contribution in [0.4, 0.5) is 0 Å². The Morgan fingerprint density at radius 3 is 2.67 bits per heavy atom. The molecule has 0 saturated carbocycles. The van der Waals surface area contributed by atoms with Crippen molar-refractivity contribution in [2.45, 2.75) is 19.8 Å². The molecule has 1 aliphatic rings. The minimum atomic E-state index is -1.31. The molecule has 2 heterocycles. The van der Waals surface area contributed by atoms with Crippen LogP contribution in [-0.4, -0.2) is 16.2 Å². The Morgan fingerprint density at radius 2 is 2.04 bits per heavy atom. The molecule has 3 rings (SSSR count). The summed E-state index contributed by atoms with van der Waals surface area (Å²) in [5.74, 6) is -1.86. The summed E-state index contributed by atoms with van der Waals surface area (Å²) in [4.78, 5) is 11.8. The number of hydrogen-bond donors (Lipinski definition) is 1. The number of aliphatic carboxylic acids is 1. The molecule has 124 valence electrons. The van der Waals surface area contributed by atoms with Gasteiger partial charge in [0.1, 0.15) is 0 Å². The Balaban J connectivity index is 2.30. The van der Waals surface area contributed by atoms with E-state index in [2.05, 4.69) is 15.5 Å². The van der Waals surface area contributed by atoms with Gasteiger partial charge in [0, 0.05) is 28.5 Å². The van der Waals surface area contributed by atoms with Crippen molar-refractivity contribution in [1.82, 2.24) is 15.5 Å². The molecule has 0 saturated heterocycles. The summed E-state index contributed by atoms with van der Waals surface area (Å²) in [6.45, 7) is 3.45. The van der Waals surface area contributed by atoms with Crippen molar-refractivity contribution in [3.05, 3.63) is 63.1 Å². The molecule has 0 spiro atoms. The van der Waals surface area contributed by atoms with Gasteiger partial charge in [-0.05, 0) is 25.5 Å². The molecule has 0 amide bonds.